The predicted octanol–water partition coefficient (Wildman–Crippen LogP) is 2.61. The van der Waals surface area contributed by atoms with Gasteiger partial charge in [0.15, 0.2) is 0 Å². The van der Waals surface area contributed by atoms with Gasteiger partial charge in [0.1, 0.15) is 5.82 Å². The maximum Gasteiger partial charge on any atom is 0.251 e. The molecule has 3 aromatic rings. The van der Waals surface area contributed by atoms with Gasteiger partial charge in [0.2, 0.25) is 0 Å². The summed E-state index contributed by atoms with van der Waals surface area (Å²) in [7, 11) is 1.94. The van der Waals surface area contributed by atoms with Gasteiger partial charge in [0.25, 0.3) is 5.56 Å². The van der Waals surface area contributed by atoms with E-state index in [-0.39, 0.29) is 5.56 Å². The van der Waals surface area contributed by atoms with E-state index in [1.807, 2.05) is 35.4 Å². The van der Waals surface area contributed by atoms with Gasteiger partial charge in [-0.3, -0.25) is 14.4 Å². The SMILES string of the molecule is Cn1cc(CN2CCC[C@H](c3cc(=O)[nH]c(-c4cccs4)n3)C2)cn1. The zero-order valence-electron chi connectivity index (χ0n) is 14.2. The van der Waals surface area contributed by atoms with Gasteiger partial charge >= 0.3 is 0 Å². The van der Waals surface area contributed by atoms with Crippen LogP contribution in [-0.4, -0.2) is 37.7 Å². The van der Waals surface area contributed by atoms with Gasteiger partial charge < -0.3 is 4.98 Å². The van der Waals surface area contributed by atoms with Crippen LogP contribution >= 0.6 is 11.3 Å². The molecule has 1 fully saturated rings. The molecule has 25 heavy (non-hydrogen) atoms. The first kappa shape index (κ1) is 16.2. The lowest BCUT2D eigenvalue weighted by Gasteiger charge is -2.32. The van der Waals surface area contributed by atoms with Crippen molar-refractivity contribution >= 4 is 11.3 Å². The summed E-state index contributed by atoms with van der Waals surface area (Å²) in [5.41, 5.74) is 2.06. The molecule has 0 radical (unpaired) electrons. The van der Waals surface area contributed by atoms with E-state index in [1.165, 1.54) is 5.56 Å². The van der Waals surface area contributed by atoms with E-state index in [0.29, 0.717) is 11.7 Å². The predicted molar refractivity (Wildman–Crippen MR) is 98.6 cm³/mol. The van der Waals surface area contributed by atoms with Gasteiger partial charge in [-0.15, -0.1) is 11.3 Å². The number of aromatic amines is 1. The molecular formula is C18H21N5OS. The Balaban J connectivity index is 1.54. The van der Waals surface area contributed by atoms with Crippen molar-refractivity contribution in [1.82, 2.24) is 24.6 Å². The average molecular weight is 355 g/mol. The molecular weight excluding hydrogens is 334 g/mol. The molecule has 1 N–H and O–H groups in total. The van der Waals surface area contributed by atoms with Crippen molar-refractivity contribution in [2.24, 2.45) is 7.05 Å². The average Bonchev–Trinajstić information content (AvgIpc) is 3.27. The smallest absolute Gasteiger partial charge is 0.251 e. The molecule has 130 valence electrons. The summed E-state index contributed by atoms with van der Waals surface area (Å²) >= 11 is 1.59. The number of aryl methyl sites for hydroxylation is 1. The first-order chi connectivity index (χ1) is 12.2. The minimum Gasteiger partial charge on any atom is -0.306 e. The Hall–Kier alpha value is -2.25. The standard InChI is InChI=1S/C18H21N5OS/c1-22-10-13(9-19-22)11-23-6-2-4-14(12-23)15-8-17(24)21-18(20-15)16-5-3-7-25-16/h3,5,7-10,14H,2,4,6,11-12H2,1H3,(H,20,21,24)/t14-/m0/s1. The highest BCUT2D eigenvalue weighted by Gasteiger charge is 2.23. The largest absolute Gasteiger partial charge is 0.306 e. The number of rotatable bonds is 4. The quantitative estimate of drug-likeness (QED) is 0.781. The van der Waals surface area contributed by atoms with Crippen molar-refractivity contribution in [3.8, 4) is 10.7 Å². The Labute approximate surface area is 150 Å². The van der Waals surface area contributed by atoms with Crippen LogP contribution in [0, 0.1) is 0 Å². The number of hydrogen-bond donors (Lipinski definition) is 1. The van der Waals surface area contributed by atoms with Crippen LogP contribution in [0.15, 0.2) is 40.8 Å². The molecule has 1 atom stereocenters. The number of nitrogens with zero attached hydrogens (tertiary/aromatic N) is 4. The van der Waals surface area contributed by atoms with Crippen molar-refractivity contribution in [1.29, 1.82) is 0 Å². The van der Waals surface area contributed by atoms with Gasteiger partial charge in [-0.2, -0.15) is 5.10 Å². The van der Waals surface area contributed by atoms with Crippen LogP contribution in [-0.2, 0) is 13.6 Å². The number of piperidine rings is 1. The van der Waals surface area contributed by atoms with Gasteiger partial charge in [-0.05, 0) is 30.8 Å². The molecule has 0 amide bonds. The second kappa shape index (κ2) is 6.93. The highest BCUT2D eigenvalue weighted by atomic mass is 32.1. The van der Waals surface area contributed by atoms with E-state index in [1.54, 1.807) is 17.4 Å². The second-order valence-corrected chi connectivity index (χ2v) is 7.54. The normalized spacial score (nSPS) is 18.5. The van der Waals surface area contributed by atoms with Crippen LogP contribution in [0.3, 0.4) is 0 Å². The van der Waals surface area contributed by atoms with Crippen LogP contribution < -0.4 is 5.56 Å². The van der Waals surface area contributed by atoms with E-state index in [9.17, 15) is 4.79 Å². The molecule has 0 bridgehead atoms. The molecule has 0 aromatic carbocycles. The van der Waals surface area contributed by atoms with Gasteiger partial charge in [0.05, 0.1) is 16.8 Å². The third-order valence-corrected chi connectivity index (χ3v) is 5.48. The lowest BCUT2D eigenvalue weighted by molar-refractivity contribution is 0.198. The summed E-state index contributed by atoms with van der Waals surface area (Å²) in [5, 5.41) is 6.24. The third-order valence-electron chi connectivity index (χ3n) is 4.60. The monoisotopic (exact) mass is 355 g/mol. The highest BCUT2D eigenvalue weighted by Crippen LogP contribution is 2.28. The number of hydrogen-bond acceptors (Lipinski definition) is 5. The van der Waals surface area contributed by atoms with E-state index in [0.717, 1.165) is 43.0 Å². The number of nitrogens with one attached hydrogen (secondary N) is 1. The third kappa shape index (κ3) is 3.72. The summed E-state index contributed by atoms with van der Waals surface area (Å²) < 4.78 is 1.84. The Morgan fingerprint density at radius 1 is 1.44 bits per heavy atom. The van der Waals surface area contributed by atoms with E-state index in [2.05, 4.69) is 21.2 Å². The Kier molecular flexibility index (Phi) is 4.50. The van der Waals surface area contributed by atoms with Crippen molar-refractivity contribution in [2.75, 3.05) is 13.1 Å². The topological polar surface area (TPSA) is 66.8 Å². The molecule has 0 aliphatic carbocycles. The number of aromatic nitrogens is 4. The summed E-state index contributed by atoms with van der Waals surface area (Å²) in [6.45, 7) is 2.90. The van der Waals surface area contributed by atoms with Crippen molar-refractivity contribution in [3.63, 3.8) is 0 Å². The Morgan fingerprint density at radius 3 is 3.12 bits per heavy atom. The molecule has 7 heteroatoms. The molecule has 1 saturated heterocycles. The lowest BCUT2D eigenvalue weighted by atomic mass is 9.94. The number of H-pyrrole nitrogens is 1. The highest BCUT2D eigenvalue weighted by molar-refractivity contribution is 7.13. The van der Waals surface area contributed by atoms with Crippen molar-refractivity contribution in [2.45, 2.75) is 25.3 Å². The summed E-state index contributed by atoms with van der Waals surface area (Å²) in [6, 6.07) is 5.63. The summed E-state index contributed by atoms with van der Waals surface area (Å²) in [4.78, 5) is 23.2. The minimum atomic E-state index is -0.0715. The molecule has 0 spiro atoms. The van der Waals surface area contributed by atoms with Crippen molar-refractivity contribution < 1.29 is 0 Å². The van der Waals surface area contributed by atoms with Gasteiger partial charge in [-0.1, -0.05) is 6.07 Å². The molecule has 4 rings (SSSR count). The van der Waals surface area contributed by atoms with Crippen LogP contribution in [0.1, 0.15) is 30.0 Å². The fourth-order valence-electron chi connectivity index (χ4n) is 3.47. The zero-order chi connectivity index (χ0) is 17.2. The summed E-state index contributed by atoms with van der Waals surface area (Å²) in [6.07, 6.45) is 6.17. The van der Waals surface area contributed by atoms with Crippen LogP contribution in [0.2, 0.25) is 0 Å². The summed E-state index contributed by atoms with van der Waals surface area (Å²) in [5.74, 6) is 0.980. The zero-order valence-corrected chi connectivity index (χ0v) is 15.0. The van der Waals surface area contributed by atoms with E-state index < -0.39 is 0 Å². The van der Waals surface area contributed by atoms with E-state index in [4.69, 9.17) is 4.98 Å². The molecule has 0 saturated carbocycles. The van der Waals surface area contributed by atoms with Gasteiger partial charge in [-0.25, -0.2) is 4.98 Å². The molecule has 6 nitrogen and oxygen atoms in total. The molecule has 0 unspecified atom stereocenters. The second-order valence-electron chi connectivity index (χ2n) is 6.59. The number of likely N-dealkylation sites (tertiary alicyclic amines) is 1. The Morgan fingerprint density at radius 2 is 2.36 bits per heavy atom. The van der Waals surface area contributed by atoms with Gasteiger partial charge in [0, 0.05) is 43.9 Å². The lowest BCUT2D eigenvalue weighted by Crippen LogP contribution is -2.34. The van der Waals surface area contributed by atoms with E-state index >= 15 is 0 Å². The maximum absolute atomic E-state index is 12.1. The minimum absolute atomic E-state index is 0.0715. The Bertz CT molecular complexity index is 898. The fraction of sp³-hybridized carbons (Fsp3) is 0.389. The molecule has 3 aromatic heterocycles. The fourth-order valence-corrected chi connectivity index (χ4v) is 4.14. The van der Waals surface area contributed by atoms with Crippen LogP contribution in [0.4, 0.5) is 0 Å². The molecule has 4 heterocycles. The van der Waals surface area contributed by atoms with Crippen LogP contribution in [0.25, 0.3) is 10.7 Å². The molecule has 1 aliphatic rings. The first-order valence-electron chi connectivity index (χ1n) is 8.52. The first-order valence-corrected chi connectivity index (χ1v) is 9.40. The maximum atomic E-state index is 12.1. The number of thiophene rings is 1. The van der Waals surface area contributed by atoms with Crippen LogP contribution in [0.5, 0.6) is 0 Å². The van der Waals surface area contributed by atoms with Crippen molar-refractivity contribution in [3.05, 3.63) is 57.6 Å². The molecule has 1 aliphatic heterocycles.